The second-order valence-corrected chi connectivity index (χ2v) is 9.88. The van der Waals surface area contributed by atoms with Gasteiger partial charge in [-0.2, -0.15) is 5.26 Å². The topological polar surface area (TPSA) is 92.1 Å². The maximum absolute atomic E-state index is 13.6. The van der Waals surface area contributed by atoms with Crippen LogP contribution >= 0.6 is 0 Å². The van der Waals surface area contributed by atoms with E-state index in [0.29, 0.717) is 43.0 Å². The number of methoxy groups -OCH3 is 1. The summed E-state index contributed by atoms with van der Waals surface area (Å²) in [6, 6.07) is 16.8. The van der Waals surface area contributed by atoms with Crippen LogP contribution in [0.1, 0.15) is 53.1 Å². The summed E-state index contributed by atoms with van der Waals surface area (Å²) in [5, 5.41) is 9.43. The molecule has 0 unspecified atom stereocenters. The number of benzene rings is 2. The van der Waals surface area contributed by atoms with Crippen molar-refractivity contribution in [1.29, 1.82) is 5.26 Å². The highest BCUT2D eigenvalue weighted by Gasteiger charge is 2.34. The van der Waals surface area contributed by atoms with Crippen LogP contribution in [0.2, 0.25) is 0 Å². The second kappa shape index (κ2) is 12.2. The number of carbonyl (C=O) groups is 2. The summed E-state index contributed by atoms with van der Waals surface area (Å²) in [7, 11) is 5.20. The lowest BCUT2D eigenvalue weighted by Gasteiger charge is -2.38. The molecule has 8 heteroatoms. The zero-order valence-corrected chi connectivity index (χ0v) is 21.8. The van der Waals surface area contributed by atoms with Gasteiger partial charge in [0, 0.05) is 53.1 Å². The van der Waals surface area contributed by atoms with Crippen LogP contribution in [0, 0.1) is 11.3 Å². The first-order valence-electron chi connectivity index (χ1n) is 12.8. The molecule has 196 valence electrons. The average molecular weight is 506 g/mol. The molecule has 2 aliphatic heterocycles. The minimum Gasteiger partial charge on any atom is -0.493 e. The third-order valence-corrected chi connectivity index (χ3v) is 7.31. The van der Waals surface area contributed by atoms with Crippen LogP contribution in [-0.2, 0) is 14.3 Å². The largest absolute Gasteiger partial charge is 0.493 e. The van der Waals surface area contributed by atoms with Crippen molar-refractivity contribution in [3.63, 3.8) is 0 Å². The van der Waals surface area contributed by atoms with Crippen LogP contribution in [-0.4, -0.2) is 80.8 Å². The predicted octanol–water partition coefficient (Wildman–Crippen LogP) is 3.61. The molecule has 1 fully saturated rings. The van der Waals surface area contributed by atoms with Crippen LogP contribution < -0.4 is 4.74 Å². The third-order valence-electron chi connectivity index (χ3n) is 7.31. The van der Waals surface area contributed by atoms with E-state index >= 15 is 0 Å². The second-order valence-electron chi connectivity index (χ2n) is 9.88. The maximum atomic E-state index is 13.6. The Hall–Kier alpha value is -3.41. The fourth-order valence-electron chi connectivity index (χ4n) is 5.14. The van der Waals surface area contributed by atoms with Crippen molar-refractivity contribution in [1.82, 2.24) is 9.80 Å². The van der Waals surface area contributed by atoms with Gasteiger partial charge in [0.05, 0.1) is 36.0 Å². The minimum atomic E-state index is -0.252. The molecule has 2 bridgehead atoms. The number of amides is 2. The van der Waals surface area contributed by atoms with Gasteiger partial charge in [-0.25, -0.2) is 0 Å². The first-order chi connectivity index (χ1) is 17.9. The SMILES string of the molecule is CO[C@@H]1CC[C@@H]2CCOc3ccc(C#N)cc3C(=O)N(C)C[C@@H](c3ccccc3)CC(=O)N(C)C[C@@H]1O2. The van der Waals surface area contributed by atoms with E-state index in [0.717, 1.165) is 18.4 Å². The van der Waals surface area contributed by atoms with Crippen molar-refractivity contribution >= 4 is 11.8 Å². The molecule has 0 radical (unpaired) electrons. The molecule has 37 heavy (non-hydrogen) atoms. The highest BCUT2D eigenvalue weighted by Crippen LogP contribution is 2.29. The molecular formula is C29H35N3O5. The van der Waals surface area contributed by atoms with E-state index in [-0.39, 0.29) is 42.5 Å². The number of likely N-dealkylation sites (N-methyl/N-ethyl adjacent to an activating group) is 2. The normalized spacial score (nSPS) is 25.7. The summed E-state index contributed by atoms with van der Waals surface area (Å²) in [4.78, 5) is 30.3. The van der Waals surface area contributed by atoms with E-state index in [1.54, 1.807) is 49.2 Å². The van der Waals surface area contributed by atoms with Crippen LogP contribution in [0.15, 0.2) is 48.5 Å². The lowest BCUT2D eigenvalue weighted by atomic mass is 9.93. The van der Waals surface area contributed by atoms with Crippen molar-refractivity contribution in [3.05, 3.63) is 65.2 Å². The van der Waals surface area contributed by atoms with Crippen molar-refractivity contribution in [2.24, 2.45) is 0 Å². The average Bonchev–Trinajstić information content (AvgIpc) is 2.92. The molecular weight excluding hydrogens is 470 g/mol. The predicted molar refractivity (Wildman–Crippen MR) is 138 cm³/mol. The number of hydrogen-bond donors (Lipinski definition) is 0. The minimum absolute atomic E-state index is 0.0159. The van der Waals surface area contributed by atoms with Crippen molar-refractivity contribution in [2.45, 2.75) is 49.9 Å². The van der Waals surface area contributed by atoms with Crippen LogP contribution in [0.3, 0.4) is 0 Å². The molecule has 2 aromatic rings. The van der Waals surface area contributed by atoms with E-state index < -0.39 is 0 Å². The van der Waals surface area contributed by atoms with E-state index in [2.05, 4.69) is 6.07 Å². The Kier molecular flexibility index (Phi) is 8.80. The van der Waals surface area contributed by atoms with Crippen LogP contribution in [0.4, 0.5) is 0 Å². The van der Waals surface area contributed by atoms with Gasteiger partial charge >= 0.3 is 0 Å². The van der Waals surface area contributed by atoms with Gasteiger partial charge in [-0.15, -0.1) is 0 Å². The number of nitriles is 1. The molecule has 1 saturated heterocycles. The summed E-state index contributed by atoms with van der Waals surface area (Å²) in [5.41, 5.74) is 1.71. The molecule has 0 aromatic heterocycles. The Balaban J connectivity index is 1.68. The Morgan fingerprint density at radius 1 is 1.00 bits per heavy atom. The van der Waals surface area contributed by atoms with Crippen molar-refractivity contribution in [2.75, 3.05) is 40.9 Å². The van der Waals surface area contributed by atoms with Gasteiger partial charge in [-0.3, -0.25) is 9.59 Å². The molecule has 2 heterocycles. The summed E-state index contributed by atoms with van der Waals surface area (Å²) in [6.07, 6.45) is 2.21. The zero-order valence-electron chi connectivity index (χ0n) is 21.8. The molecule has 0 saturated carbocycles. The molecule has 2 aliphatic rings. The molecule has 4 rings (SSSR count). The Bertz CT molecular complexity index is 1130. The number of carbonyl (C=O) groups excluding carboxylic acids is 2. The van der Waals surface area contributed by atoms with Gasteiger partial charge in [-0.1, -0.05) is 30.3 Å². The van der Waals surface area contributed by atoms with E-state index in [4.69, 9.17) is 14.2 Å². The number of hydrogen-bond acceptors (Lipinski definition) is 6. The van der Waals surface area contributed by atoms with Gasteiger partial charge in [0.2, 0.25) is 5.91 Å². The third kappa shape index (κ3) is 6.48. The Labute approximate surface area is 218 Å². The van der Waals surface area contributed by atoms with E-state index in [1.165, 1.54) is 0 Å². The van der Waals surface area contributed by atoms with Gasteiger partial charge in [0.15, 0.2) is 0 Å². The number of fused-ring (bicyclic) bond motifs is 3. The molecule has 2 amide bonds. The lowest BCUT2D eigenvalue weighted by molar-refractivity contribution is -0.150. The summed E-state index contributed by atoms with van der Waals surface area (Å²) in [5.74, 6) is -0.0346. The number of nitrogens with zero attached hydrogens (tertiary/aromatic N) is 3. The van der Waals surface area contributed by atoms with Gasteiger partial charge in [0.1, 0.15) is 11.9 Å². The van der Waals surface area contributed by atoms with E-state index in [9.17, 15) is 14.9 Å². The molecule has 2 aromatic carbocycles. The molecule has 0 aliphatic carbocycles. The smallest absolute Gasteiger partial charge is 0.257 e. The standard InChI is InChI=1S/C29H35N3O5/c1-31-19-27-26(35-3)12-10-23(37-27)13-14-36-25-11-9-20(17-30)15-24(25)29(34)32(2)18-22(16-28(31)33)21-7-5-4-6-8-21/h4-9,11,15,22-23,26-27H,10,12-14,16,18-19H2,1-3H3/t22-,23+,26+,27-/m0/s1. The molecule has 4 atom stereocenters. The fraction of sp³-hybridized carbons (Fsp3) is 0.483. The summed E-state index contributed by atoms with van der Waals surface area (Å²) in [6.45, 7) is 1.14. The highest BCUT2D eigenvalue weighted by molar-refractivity contribution is 5.97. The number of rotatable bonds is 2. The fourth-order valence-corrected chi connectivity index (χ4v) is 5.14. The quantitative estimate of drug-likeness (QED) is 0.619. The first-order valence-corrected chi connectivity index (χ1v) is 12.8. The molecule has 0 N–H and O–H groups in total. The maximum Gasteiger partial charge on any atom is 0.257 e. The highest BCUT2D eigenvalue weighted by atomic mass is 16.5. The van der Waals surface area contributed by atoms with Crippen LogP contribution in [0.25, 0.3) is 0 Å². The monoisotopic (exact) mass is 505 g/mol. The van der Waals surface area contributed by atoms with Crippen molar-refractivity contribution < 1.29 is 23.8 Å². The lowest BCUT2D eigenvalue weighted by Crippen LogP contribution is -2.48. The first kappa shape index (κ1) is 26.6. The number of ether oxygens (including phenoxy) is 3. The summed E-state index contributed by atoms with van der Waals surface area (Å²) < 4.78 is 18.1. The van der Waals surface area contributed by atoms with Crippen LogP contribution in [0.5, 0.6) is 5.75 Å². The molecule has 8 nitrogen and oxygen atoms in total. The zero-order chi connectivity index (χ0) is 26.4. The Morgan fingerprint density at radius 2 is 1.78 bits per heavy atom. The van der Waals surface area contributed by atoms with E-state index in [1.807, 2.05) is 30.3 Å². The van der Waals surface area contributed by atoms with Crippen molar-refractivity contribution in [3.8, 4) is 11.8 Å². The summed E-state index contributed by atoms with van der Waals surface area (Å²) >= 11 is 0. The van der Waals surface area contributed by atoms with Gasteiger partial charge in [0.25, 0.3) is 5.91 Å². The van der Waals surface area contributed by atoms with Gasteiger partial charge < -0.3 is 24.0 Å². The molecule has 0 spiro atoms. The Morgan fingerprint density at radius 3 is 2.51 bits per heavy atom. The van der Waals surface area contributed by atoms with Gasteiger partial charge in [-0.05, 0) is 36.6 Å².